The van der Waals surface area contributed by atoms with Crippen molar-refractivity contribution in [1.29, 1.82) is 5.26 Å². The monoisotopic (exact) mass is 318 g/mol. The third-order valence-corrected chi connectivity index (χ3v) is 3.45. The number of anilines is 1. The van der Waals surface area contributed by atoms with Crippen molar-refractivity contribution in [1.82, 2.24) is 0 Å². The van der Waals surface area contributed by atoms with E-state index in [-0.39, 0.29) is 5.82 Å². The molecule has 0 aliphatic heterocycles. The van der Waals surface area contributed by atoms with Crippen LogP contribution in [0, 0.1) is 17.1 Å². The molecule has 0 aliphatic rings. The first-order chi connectivity index (χ1) is 9.11. The number of nitrogens with zero attached hydrogens (tertiary/aromatic N) is 2. The Balaban J connectivity index is 2.23. The van der Waals surface area contributed by atoms with Crippen LogP contribution in [-0.4, -0.2) is 7.05 Å². The molecule has 2 aromatic rings. The third-order valence-electron chi connectivity index (χ3n) is 2.84. The highest BCUT2D eigenvalue weighted by atomic mass is 79.9. The van der Waals surface area contributed by atoms with Crippen molar-refractivity contribution in [2.24, 2.45) is 0 Å². The lowest BCUT2D eigenvalue weighted by Gasteiger charge is -2.20. The van der Waals surface area contributed by atoms with Gasteiger partial charge in [-0.3, -0.25) is 0 Å². The van der Waals surface area contributed by atoms with E-state index in [9.17, 15) is 4.39 Å². The van der Waals surface area contributed by atoms with Crippen molar-refractivity contribution in [2.45, 2.75) is 6.54 Å². The maximum absolute atomic E-state index is 13.2. The molecule has 0 saturated heterocycles. The van der Waals surface area contributed by atoms with Gasteiger partial charge in [-0.15, -0.1) is 0 Å². The van der Waals surface area contributed by atoms with Crippen LogP contribution in [0.2, 0.25) is 0 Å². The van der Waals surface area contributed by atoms with Crippen LogP contribution >= 0.6 is 15.9 Å². The zero-order valence-corrected chi connectivity index (χ0v) is 12.0. The maximum atomic E-state index is 13.2. The zero-order valence-electron chi connectivity index (χ0n) is 10.4. The Labute approximate surface area is 120 Å². The van der Waals surface area contributed by atoms with Gasteiger partial charge < -0.3 is 4.90 Å². The van der Waals surface area contributed by atoms with E-state index in [1.165, 1.54) is 6.07 Å². The molecule has 0 saturated carbocycles. The molecule has 0 atom stereocenters. The molecule has 0 N–H and O–H groups in total. The summed E-state index contributed by atoms with van der Waals surface area (Å²) in [5.74, 6) is -0.274. The van der Waals surface area contributed by atoms with Gasteiger partial charge in [-0.05, 0) is 45.8 Å². The van der Waals surface area contributed by atoms with Crippen LogP contribution in [0.25, 0.3) is 0 Å². The average molecular weight is 319 g/mol. The Morgan fingerprint density at radius 1 is 1.26 bits per heavy atom. The summed E-state index contributed by atoms with van der Waals surface area (Å²) in [6.07, 6.45) is 0. The largest absolute Gasteiger partial charge is 0.369 e. The van der Waals surface area contributed by atoms with Crippen molar-refractivity contribution in [3.05, 3.63) is 63.9 Å². The molecule has 0 bridgehead atoms. The molecule has 2 aromatic carbocycles. The molecular formula is C15H12BrFN2. The summed E-state index contributed by atoms with van der Waals surface area (Å²) < 4.78 is 13.6. The van der Waals surface area contributed by atoms with Crippen molar-refractivity contribution < 1.29 is 4.39 Å². The lowest BCUT2D eigenvalue weighted by atomic mass is 10.1. The van der Waals surface area contributed by atoms with Gasteiger partial charge in [0.05, 0.1) is 15.7 Å². The minimum Gasteiger partial charge on any atom is -0.369 e. The van der Waals surface area contributed by atoms with Crippen molar-refractivity contribution in [3.63, 3.8) is 0 Å². The molecule has 0 aliphatic carbocycles. The number of halogens is 2. The second kappa shape index (κ2) is 5.85. The molecule has 19 heavy (non-hydrogen) atoms. The Kier molecular flexibility index (Phi) is 4.18. The molecule has 0 aromatic heterocycles. The van der Waals surface area contributed by atoms with E-state index in [1.54, 1.807) is 18.2 Å². The number of hydrogen-bond donors (Lipinski definition) is 0. The molecule has 96 valence electrons. The fraction of sp³-hybridized carbons (Fsp3) is 0.133. The van der Waals surface area contributed by atoms with Crippen molar-refractivity contribution in [2.75, 3.05) is 11.9 Å². The number of benzene rings is 2. The fourth-order valence-electron chi connectivity index (χ4n) is 1.90. The predicted octanol–water partition coefficient (Wildman–Crippen LogP) is 4.10. The van der Waals surface area contributed by atoms with E-state index in [0.29, 0.717) is 16.6 Å². The topological polar surface area (TPSA) is 27.0 Å². The van der Waals surface area contributed by atoms with Crippen LogP contribution in [-0.2, 0) is 6.54 Å². The van der Waals surface area contributed by atoms with Crippen LogP contribution < -0.4 is 4.90 Å². The van der Waals surface area contributed by atoms with Crippen LogP contribution in [0.5, 0.6) is 0 Å². The van der Waals surface area contributed by atoms with E-state index < -0.39 is 0 Å². The highest BCUT2D eigenvalue weighted by Gasteiger charge is 2.08. The van der Waals surface area contributed by atoms with Gasteiger partial charge in [-0.25, -0.2) is 4.39 Å². The fourth-order valence-corrected chi connectivity index (χ4v) is 2.32. The number of nitriles is 1. The molecule has 0 unspecified atom stereocenters. The first-order valence-corrected chi connectivity index (χ1v) is 6.55. The first-order valence-electron chi connectivity index (χ1n) is 5.76. The maximum Gasteiger partial charge on any atom is 0.137 e. The molecule has 0 amide bonds. The number of rotatable bonds is 3. The van der Waals surface area contributed by atoms with Crippen LogP contribution in [0.3, 0.4) is 0 Å². The van der Waals surface area contributed by atoms with E-state index in [1.807, 2.05) is 30.1 Å². The Morgan fingerprint density at radius 3 is 2.68 bits per heavy atom. The minimum absolute atomic E-state index is 0.274. The average Bonchev–Trinajstić information content (AvgIpc) is 2.43. The lowest BCUT2D eigenvalue weighted by molar-refractivity contribution is 0.620. The summed E-state index contributed by atoms with van der Waals surface area (Å²) in [4.78, 5) is 1.97. The van der Waals surface area contributed by atoms with Crippen LogP contribution in [0.1, 0.15) is 11.1 Å². The molecular weight excluding hydrogens is 307 g/mol. The van der Waals surface area contributed by atoms with Gasteiger partial charge in [0.15, 0.2) is 0 Å². The smallest absolute Gasteiger partial charge is 0.137 e. The molecule has 2 nitrogen and oxygen atoms in total. The minimum atomic E-state index is -0.274. The number of para-hydroxylation sites is 1. The summed E-state index contributed by atoms with van der Waals surface area (Å²) in [7, 11) is 1.91. The molecule has 0 fully saturated rings. The molecule has 4 heteroatoms. The Morgan fingerprint density at radius 2 is 2.00 bits per heavy atom. The number of hydrogen-bond acceptors (Lipinski definition) is 2. The highest BCUT2D eigenvalue weighted by molar-refractivity contribution is 9.10. The molecule has 0 spiro atoms. The zero-order chi connectivity index (χ0) is 13.8. The van der Waals surface area contributed by atoms with E-state index in [4.69, 9.17) is 5.26 Å². The van der Waals surface area contributed by atoms with E-state index in [2.05, 4.69) is 22.0 Å². The first kappa shape index (κ1) is 13.6. The van der Waals surface area contributed by atoms with E-state index >= 15 is 0 Å². The Bertz CT molecular complexity index is 634. The standard InChI is InChI=1S/C15H12BrFN2/c1-19(15-5-3-2-4-12(15)9-18)10-11-6-7-14(17)13(16)8-11/h2-8H,10H2,1H3. The van der Waals surface area contributed by atoms with Gasteiger partial charge in [-0.1, -0.05) is 18.2 Å². The molecule has 2 rings (SSSR count). The summed E-state index contributed by atoms with van der Waals surface area (Å²) in [5, 5.41) is 9.08. The second-order valence-electron chi connectivity index (χ2n) is 4.23. The third kappa shape index (κ3) is 3.12. The van der Waals surface area contributed by atoms with Gasteiger partial charge >= 0.3 is 0 Å². The van der Waals surface area contributed by atoms with Gasteiger partial charge in [0.2, 0.25) is 0 Å². The summed E-state index contributed by atoms with van der Waals surface area (Å²) >= 11 is 3.17. The normalized spacial score (nSPS) is 10.0. The van der Waals surface area contributed by atoms with Gasteiger partial charge in [0, 0.05) is 13.6 Å². The SMILES string of the molecule is CN(Cc1ccc(F)c(Br)c1)c1ccccc1C#N. The second-order valence-corrected chi connectivity index (χ2v) is 5.09. The summed E-state index contributed by atoms with van der Waals surface area (Å²) in [6, 6.07) is 14.5. The molecule has 0 radical (unpaired) electrons. The predicted molar refractivity (Wildman–Crippen MR) is 77.4 cm³/mol. The summed E-state index contributed by atoms with van der Waals surface area (Å²) in [5.41, 5.74) is 2.47. The van der Waals surface area contributed by atoms with Crippen molar-refractivity contribution >= 4 is 21.6 Å². The van der Waals surface area contributed by atoms with E-state index in [0.717, 1.165) is 11.3 Å². The van der Waals surface area contributed by atoms with Gasteiger partial charge in [0.25, 0.3) is 0 Å². The van der Waals surface area contributed by atoms with Gasteiger partial charge in [-0.2, -0.15) is 5.26 Å². The Hall–Kier alpha value is -1.86. The van der Waals surface area contributed by atoms with Crippen molar-refractivity contribution in [3.8, 4) is 6.07 Å². The van der Waals surface area contributed by atoms with Crippen LogP contribution in [0.4, 0.5) is 10.1 Å². The highest BCUT2D eigenvalue weighted by Crippen LogP contribution is 2.22. The van der Waals surface area contributed by atoms with Crippen LogP contribution in [0.15, 0.2) is 46.9 Å². The van der Waals surface area contributed by atoms with Gasteiger partial charge in [0.1, 0.15) is 11.9 Å². The molecule has 0 heterocycles. The summed E-state index contributed by atoms with van der Waals surface area (Å²) in [6.45, 7) is 0.609. The quantitative estimate of drug-likeness (QED) is 0.852. The lowest BCUT2D eigenvalue weighted by Crippen LogP contribution is -2.17.